The minimum Gasteiger partial charge on any atom is -0.378 e. The molecule has 1 fully saturated rings. The summed E-state index contributed by atoms with van der Waals surface area (Å²) in [6.07, 6.45) is 0. The first-order chi connectivity index (χ1) is 15.3. The van der Waals surface area contributed by atoms with Gasteiger partial charge in [0.05, 0.1) is 23.8 Å². The van der Waals surface area contributed by atoms with Crippen molar-refractivity contribution in [3.05, 3.63) is 40.4 Å². The number of nitrogens with one attached hydrogen (secondary N) is 2. The van der Waals surface area contributed by atoms with Crippen LogP contribution in [0.5, 0.6) is 0 Å². The smallest absolute Gasteiger partial charge is 0.281 e. The number of carbonyl (C=O) groups excluding carboxylic acids is 2. The maximum atomic E-state index is 12.7. The number of carbonyl (C=O) groups is 2. The molecule has 1 aromatic carbocycles. The summed E-state index contributed by atoms with van der Waals surface area (Å²) in [6, 6.07) is 5.72. The molecule has 0 spiro atoms. The zero-order valence-electron chi connectivity index (χ0n) is 18.3. The van der Waals surface area contributed by atoms with Crippen LogP contribution in [0, 0.1) is 6.92 Å². The Labute approximate surface area is 191 Å². The number of benzene rings is 1. The Morgan fingerprint density at radius 2 is 1.81 bits per heavy atom. The quantitative estimate of drug-likeness (QED) is 0.573. The summed E-state index contributed by atoms with van der Waals surface area (Å²) < 4.78 is 32.0. The fourth-order valence-corrected chi connectivity index (χ4v) is 5.75. The van der Waals surface area contributed by atoms with Gasteiger partial charge >= 0.3 is 0 Å². The molecular formula is C20H27N5O5S2. The third-order valence-corrected chi connectivity index (χ3v) is 8.26. The number of anilines is 1. The number of hydrazine groups is 1. The van der Waals surface area contributed by atoms with Crippen molar-refractivity contribution in [2.45, 2.75) is 25.7 Å². The number of sulfonamides is 1. The van der Waals surface area contributed by atoms with E-state index in [4.69, 9.17) is 4.74 Å². The minimum absolute atomic E-state index is 0.0219. The van der Waals surface area contributed by atoms with Gasteiger partial charge in [0.15, 0.2) is 5.13 Å². The first-order valence-electron chi connectivity index (χ1n) is 10.3. The van der Waals surface area contributed by atoms with Crippen LogP contribution in [-0.4, -0.2) is 68.9 Å². The van der Waals surface area contributed by atoms with E-state index < -0.39 is 21.8 Å². The third kappa shape index (κ3) is 5.26. The van der Waals surface area contributed by atoms with Crippen molar-refractivity contribution in [2.75, 3.05) is 44.3 Å². The molecule has 1 aliphatic rings. The Morgan fingerprint density at radius 3 is 2.47 bits per heavy atom. The van der Waals surface area contributed by atoms with Crippen molar-refractivity contribution >= 4 is 38.3 Å². The highest BCUT2D eigenvalue weighted by Gasteiger charge is 2.23. The van der Waals surface area contributed by atoms with Crippen LogP contribution in [0.3, 0.4) is 0 Å². The van der Waals surface area contributed by atoms with Crippen molar-refractivity contribution in [2.24, 2.45) is 0 Å². The summed E-state index contributed by atoms with van der Waals surface area (Å²) in [5.41, 5.74) is 5.42. The minimum atomic E-state index is -3.70. The normalized spacial score (nSPS) is 14.4. The van der Waals surface area contributed by atoms with E-state index >= 15 is 0 Å². The van der Waals surface area contributed by atoms with Crippen LogP contribution in [0.2, 0.25) is 0 Å². The fourth-order valence-electron chi connectivity index (χ4n) is 3.24. The molecule has 2 heterocycles. The largest absolute Gasteiger partial charge is 0.378 e. The fraction of sp³-hybridized carbons (Fsp3) is 0.450. The van der Waals surface area contributed by atoms with Gasteiger partial charge in [-0.2, -0.15) is 4.31 Å². The van der Waals surface area contributed by atoms with Gasteiger partial charge in [0.2, 0.25) is 10.0 Å². The summed E-state index contributed by atoms with van der Waals surface area (Å²) >= 11 is 1.25. The standard InChI is InChI=1S/C20H27N5O5S2/c1-4-25(5-2)32(28,29)16-8-6-7-15(13-16)18(26)22-23-19(27)17-14(3)21-20(31-17)24-9-11-30-12-10-24/h6-8,13H,4-5,9-12H2,1-3H3,(H,22,26)(H,23,27). The van der Waals surface area contributed by atoms with E-state index in [-0.39, 0.29) is 10.5 Å². The summed E-state index contributed by atoms with van der Waals surface area (Å²) in [5.74, 6) is -1.11. The number of thiazole rings is 1. The van der Waals surface area contributed by atoms with Crippen molar-refractivity contribution in [1.82, 2.24) is 20.1 Å². The summed E-state index contributed by atoms with van der Waals surface area (Å²) in [6.45, 7) is 8.52. The van der Waals surface area contributed by atoms with Gasteiger partial charge in [-0.3, -0.25) is 20.4 Å². The Morgan fingerprint density at radius 1 is 1.16 bits per heavy atom. The highest BCUT2D eigenvalue weighted by Crippen LogP contribution is 2.26. The summed E-state index contributed by atoms with van der Waals surface area (Å²) in [7, 11) is -3.70. The molecule has 174 valence electrons. The highest BCUT2D eigenvalue weighted by atomic mass is 32.2. The van der Waals surface area contributed by atoms with Gasteiger partial charge in [0.1, 0.15) is 4.88 Å². The average molecular weight is 482 g/mol. The maximum Gasteiger partial charge on any atom is 0.281 e. The zero-order chi connectivity index (χ0) is 23.3. The number of aryl methyl sites for hydroxylation is 1. The van der Waals surface area contributed by atoms with Crippen molar-refractivity contribution in [1.29, 1.82) is 0 Å². The predicted molar refractivity (Wildman–Crippen MR) is 121 cm³/mol. The molecule has 2 N–H and O–H groups in total. The Bertz CT molecular complexity index is 1080. The van der Waals surface area contributed by atoms with E-state index in [0.717, 1.165) is 5.13 Å². The van der Waals surface area contributed by atoms with E-state index in [1.807, 2.05) is 0 Å². The molecule has 0 bridgehead atoms. The third-order valence-electron chi connectivity index (χ3n) is 5.00. The molecule has 1 aliphatic heterocycles. The number of rotatable bonds is 7. The number of nitrogens with zero attached hydrogens (tertiary/aromatic N) is 3. The SMILES string of the molecule is CCN(CC)S(=O)(=O)c1cccc(C(=O)NNC(=O)c2sc(N3CCOCC3)nc2C)c1. The lowest BCUT2D eigenvalue weighted by atomic mass is 10.2. The molecule has 1 saturated heterocycles. The molecule has 10 nitrogen and oxygen atoms in total. The number of hydrogen-bond acceptors (Lipinski definition) is 8. The van der Waals surface area contributed by atoms with E-state index in [9.17, 15) is 18.0 Å². The molecule has 0 radical (unpaired) electrons. The molecular weight excluding hydrogens is 454 g/mol. The van der Waals surface area contributed by atoms with Crippen LogP contribution < -0.4 is 15.8 Å². The molecule has 12 heteroatoms. The highest BCUT2D eigenvalue weighted by molar-refractivity contribution is 7.89. The number of ether oxygens (including phenoxy) is 1. The topological polar surface area (TPSA) is 121 Å². The van der Waals surface area contributed by atoms with Crippen molar-refractivity contribution in [3.8, 4) is 0 Å². The first-order valence-corrected chi connectivity index (χ1v) is 12.5. The van der Waals surface area contributed by atoms with Crippen molar-refractivity contribution in [3.63, 3.8) is 0 Å². The van der Waals surface area contributed by atoms with Gasteiger partial charge in [-0.05, 0) is 25.1 Å². The van der Waals surface area contributed by atoms with Crippen LogP contribution in [0.4, 0.5) is 5.13 Å². The van der Waals surface area contributed by atoms with Gasteiger partial charge in [-0.1, -0.05) is 31.3 Å². The van der Waals surface area contributed by atoms with Crippen LogP contribution in [0.25, 0.3) is 0 Å². The number of amides is 2. The van der Waals surface area contributed by atoms with E-state index in [0.29, 0.717) is 50.0 Å². The van der Waals surface area contributed by atoms with Crippen LogP contribution in [-0.2, 0) is 14.8 Å². The molecule has 3 rings (SSSR count). The summed E-state index contributed by atoms with van der Waals surface area (Å²) in [4.78, 5) is 32.1. The predicted octanol–water partition coefficient (Wildman–Crippen LogP) is 1.39. The average Bonchev–Trinajstić information content (AvgIpc) is 3.20. The molecule has 0 saturated carbocycles. The molecule has 0 unspecified atom stereocenters. The van der Waals surface area contributed by atoms with Gasteiger partial charge in [0.25, 0.3) is 11.8 Å². The second-order valence-electron chi connectivity index (χ2n) is 7.04. The lowest BCUT2D eigenvalue weighted by Crippen LogP contribution is -2.41. The molecule has 0 atom stereocenters. The van der Waals surface area contributed by atoms with Crippen LogP contribution in [0.1, 0.15) is 39.6 Å². The number of hydrogen-bond donors (Lipinski definition) is 2. The Hall–Kier alpha value is -2.54. The van der Waals surface area contributed by atoms with Crippen LogP contribution in [0.15, 0.2) is 29.2 Å². The monoisotopic (exact) mass is 481 g/mol. The van der Waals surface area contributed by atoms with Gasteiger partial charge in [-0.25, -0.2) is 13.4 Å². The molecule has 32 heavy (non-hydrogen) atoms. The zero-order valence-corrected chi connectivity index (χ0v) is 19.9. The van der Waals surface area contributed by atoms with E-state index in [1.165, 1.54) is 39.9 Å². The van der Waals surface area contributed by atoms with Crippen molar-refractivity contribution < 1.29 is 22.7 Å². The lowest BCUT2D eigenvalue weighted by Gasteiger charge is -2.25. The lowest BCUT2D eigenvalue weighted by molar-refractivity contribution is 0.0848. The molecule has 0 aliphatic carbocycles. The van der Waals surface area contributed by atoms with Gasteiger partial charge in [0, 0.05) is 31.7 Å². The molecule has 1 aromatic heterocycles. The first kappa shape index (κ1) is 24.1. The van der Waals surface area contributed by atoms with E-state index in [2.05, 4.69) is 20.7 Å². The Kier molecular flexibility index (Phi) is 7.82. The number of morpholine rings is 1. The second kappa shape index (κ2) is 10.4. The number of aromatic nitrogens is 1. The summed E-state index contributed by atoms with van der Waals surface area (Å²) in [5, 5.41) is 0.733. The van der Waals surface area contributed by atoms with Gasteiger partial charge < -0.3 is 9.64 Å². The molecule has 2 amide bonds. The molecule has 2 aromatic rings. The van der Waals surface area contributed by atoms with Crippen LogP contribution >= 0.6 is 11.3 Å². The van der Waals surface area contributed by atoms with E-state index in [1.54, 1.807) is 20.8 Å². The maximum absolute atomic E-state index is 12.7. The van der Waals surface area contributed by atoms with Gasteiger partial charge in [-0.15, -0.1) is 0 Å². The second-order valence-corrected chi connectivity index (χ2v) is 9.95. The Balaban J connectivity index is 1.67.